The van der Waals surface area contributed by atoms with Crippen LogP contribution < -0.4 is 0 Å². The first kappa shape index (κ1) is 17.3. The average molecular weight is 331 g/mol. The van der Waals surface area contributed by atoms with Gasteiger partial charge in [0.2, 0.25) is 0 Å². The van der Waals surface area contributed by atoms with Crippen molar-refractivity contribution in [3.63, 3.8) is 0 Å². The van der Waals surface area contributed by atoms with E-state index in [9.17, 15) is 4.79 Å². The third-order valence-corrected chi connectivity index (χ3v) is 5.74. The maximum atomic E-state index is 11.9. The molecule has 1 saturated carbocycles. The van der Waals surface area contributed by atoms with Gasteiger partial charge in [-0.25, -0.2) is 4.79 Å². The van der Waals surface area contributed by atoms with Crippen LogP contribution in [0.4, 0.5) is 4.79 Å². The van der Waals surface area contributed by atoms with Crippen molar-refractivity contribution in [2.45, 2.75) is 57.1 Å². The fourth-order valence-corrected chi connectivity index (χ4v) is 4.13. The number of amides is 1. The summed E-state index contributed by atoms with van der Waals surface area (Å²) in [7, 11) is 1.45. The minimum atomic E-state index is -0.222. The van der Waals surface area contributed by atoms with Gasteiger partial charge in [-0.2, -0.15) is 0 Å². The normalized spacial score (nSPS) is 30.3. The first-order valence-electron chi connectivity index (χ1n) is 9.20. The smallest absolute Gasteiger partial charge is 0.409 e. The molecule has 2 unspecified atom stereocenters. The van der Waals surface area contributed by atoms with Gasteiger partial charge in [0.15, 0.2) is 0 Å². The van der Waals surface area contributed by atoms with Crippen LogP contribution in [0.25, 0.3) is 0 Å². The number of benzene rings is 1. The van der Waals surface area contributed by atoms with E-state index in [1.165, 1.54) is 25.5 Å². The maximum absolute atomic E-state index is 11.9. The average Bonchev–Trinajstić information content (AvgIpc) is 3.01. The van der Waals surface area contributed by atoms with E-state index in [-0.39, 0.29) is 12.1 Å². The van der Waals surface area contributed by atoms with Crippen molar-refractivity contribution in [1.29, 1.82) is 0 Å². The predicted octanol–water partition coefficient (Wildman–Crippen LogP) is 4.21. The van der Waals surface area contributed by atoms with Crippen molar-refractivity contribution in [1.82, 2.24) is 4.90 Å². The van der Waals surface area contributed by atoms with Gasteiger partial charge in [-0.15, -0.1) is 0 Å². The van der Waals surface area contributed by atoms with Gasteiger partial charge < -0.3 is 14.4 Å². The fraction of sp³-hybridized carbons (Fsp3) is 0.650. The summed E-state index contributed by atoms with van der Waals surface area (Å²) < 4.78 is 11.1. The molecule has 2 atom stereocenters. The van der Waals surface area contributed by atoms with Crippen molar-refractivity contribution in [3.05, 3.63) is 35.9 Å². The van der Waals surface area contributed by atoms with Crippen molar-refractivity contribution < 1.29 is 14.3 Å². The standard InChI is InChI=1S/C20H29NO3/c1-15-12-13-21(20(22)23-2)19(15)14-24-18-10-8-17(9-11-18)16-6-4-3-5-7-16/h3-7,15,17-19H,8-14H2,1-2H3. The summed E-state index contributed by atoms with van der Waals surface area (Å²) >= 11 is 0. The molecule has 0 spiro atoms. The molecule has 0 N–H and O–H groups in total. The summed E-state index contributed by atoms with van der Waals surface area (Å²) in [5.41, 5.74) is 1.46. The van der Waals surface area contributed by atoms with E-state index in [0.717, 1.165) is 25.8 Å². The number of hydrogen-bond acceptors (Lipinski definition) is 3. The monoisotopic (exact) mass is 331 g/mol. The van der Waals surface area contributed by atoms with Crippen LogP contribution in [0.15, 0.2) is 30.3 Å². The molecule has 1 aromatic carbocycles. The van der Waals surface area contributed by atoms with E-state index in [0.29, 0.717) is 24.5 Å². The van der Waals surface area contributed by atoms with E-state index < -0.39 is 0 Å². The van der Waals surface area contributed by atoms with E-state index in [4.69, 9.17) is 9.47 Å². The molecule has 4 nitrogen and oxygen atoms in total. The quantitative estimate of drug-likeness (QED) is 0.830. The van der Waals surface area contributed by atoms with Gasteiger partial charge in [-0.3, -0.25) is 0 Å². The summed E-state index contributed by atoms with van der Waals surface area (Å²) in [6.45, 7) is 3.61. The molecule has 1 aliphatic heterocycles. The third kappa shape index (κ3) is 3.92. The summed E-state index contributed by atoms with van der Waals surface area (Å²) in [4.78, 5) is 13.7. The lowest BCUT2D eigenvalue weighted by molar-refractivity contribution is -0.00841. The zero-order valence-electron chi connectivity index (χ0n) is 14.8. The topological polar surface area (TPSA) is 38.8 Å². The van der Waals surface area contributed by atoms with Crippen LogP contribution >= 0.6 is 0 Å². The predicted molar refractivity (Wildman–Crippen MR) is 94.1 cm³/mol. The zero-order valence-corrected chi connectivity index (χ0v) is 14.8. The molecule has 2 fully saturated rings. The van der Waals surface area contributed by atoms with Gasteiger partial charge in [0, 0.05) is 6.54 Å². The van der Waals surface area contributed by atoms with E-state index in [2.05, 4.69) is 37.3 Å². The summed E-state index contributed by atoms with van der Waals surface area (Å²) in [6.07, 6.45) is 5.74. The van der Waals surface area contributed by atoms with E-state index >= 15 is 0 Å². The van der Waals surface area contributed by atoms with Crippen molar-refractivity contribution in [2.24, 2.45) is 5.92 Å². The first-order chi connectivity index (χ1) is 11.7. The summed E-state index contributed by atoms with van der Waals surface area (Å²) in [5, 5.41) is 0. The van der Waals surface area contributed by atoms with Crippen LogP contribution in [0, 0.1) is 5.92 Å². The zero-order chi connectivity index (χ0) is 16.9. The molecule has 24 heavy (non-hydrogen) atoms. The van der Waals surface area contributed by atoms with Crippen molar-refractivity contribution in [2.75, 3.05) is 20.3 Å². The number of methoxy groups -OCH3 is 1. The third-order valence-electron chi connectivity index (χ3n) is 5.74. The molecule has 132 valence electrons. The second-order valence-electron chi connectivity index (χ2n) is 7.21. The van der Waals surface area contributed by atoms with E-state index in [1.807, 2.05) is 4.90 Å². The molecule has 0 bridgehead atoms. The van der Waals surface area contributed by atoms with Gasteiger partial charge in [0.05, 0.1) is 25.9 Å². The van der Waals surface area contributed by atoms with Gasteiger partial charge in [-0.05, 0) is 49.5 Å². The second-order valence-corrected chi connectivity index (χ2v) is 7.21. The van der Waals surface area contributed by atoms with Crippen LogP contribution in [0.1, 0.15) is 50.5 Å². The van der Waals surface area contributed by atoms with Gasteiger partial charge in [0.25, 0.3) is 0 Å². The highest BCUT2D eigenvalue weighted by Crippen LogP contribution is 2.34. The Morgan fingerprint density at radius 1 is 1.12 bits per heavy atom. The number of hydrogen-bond donors (Lipinski definition) is 0. The Kier molecular flexibility index (Phi) is 5.77. The minimum absolute atomic E-state index is 0.157. The van der Waals surface area contributed by atoms with Crippen LogP contribution in [-0.4, -0.2) is 43.4 Å². The molecule has 2 aliphatic rings. The highest BCUT2D eigenvalue weighted by Gasteiger charge is 2.36. The molecule has 0 radical (unpaired) electrons. The largest absolute Gasteiger partial charge is 0.453 e. The first-order valence-corrected chi connectivity index (χ1v) is 9.20. The molecule has 1 saturated heterocycles. The number of nitrogens with zero attached hydrogens (tertiary/aromatic N) is 1. The second kappa shape index (κ2) is 8.02. The lowest BCUT2D eigenvalue weighted by atomic mass is 9.83. The molecule has 1 heterocycles. The van der Waals surface area contributed by atoms with Gasteiger partial charge in [-0.1, -0.05) is 37.3 Å². The Labute approximate surface area is 145 Å². The lowest BCUT2D eigenvalue weighted by Crippen LogP contribution is -2.41. The Bertz CT molecular complexity index is 525. The number of carbonyl (C=O) groups is 1. The number of rotatable bonds is 4. The Balaban J connectivity index is 1.47. The molecule has 1 aromatic rings. The van der Waals surface area contributed by atoms with Crippen LogP contribution in [0.3, 0.4) is 0 Å². The van der Waals surface area contributed by atoms with Gasteiger partial charge in [0.1, 0.15) is 0 Å². The maximum Gasteiger partial charge on any atom is 0.409 e. The molecule has 0 aromatic heterocycles. The van der Waals surface area contributed by atoms with Gasteiger partial charge >= 0.3 is 6.09 Å². The summed E-state index contributed by atoms with van der Waals surface area (Å²) in [5.74, 6) is 1.15. The highest BCUT2D eigenvalue weighted by atomic mass is 16.5. The molecule has 1 aliphatic carbocycles. The van der Waals surface area contributed by atoms with Crippen LogP contribution in [-0.2, 0) is 9.47 Å². The number of ether oxygens (including phenoxy) is 2. The number of likely N-dealkylation sites (tertiary alicyclic amines) is 1. The molecule has 4 heteroatoms. The van der Waals surface area contributed by atoms with Crippen LogP contribution in [0.2, 0.25) is 0 Å². The van der Waals surface area contributed by atoms with E-state index in [1.54, 1.807) is 0 Å². The van der Waals surface area contributed by atoms with Crippen molar-refractivity contribution in [3.8, 4) is 0 Å². The minimum Gasteiger partial charge on any atom is -0.453 e. The lowest BCUT2D eigenvalue weighted by Gasteiger charge is -2.32. The highest BCUT2D eigenvalue weighted by molar-refractivity contribution is 5.68. The molecular weight excluding hydrogens is 302 g/mol. The van der Waals surface area contributed by atoms with Crippen LogP contribution in [0.5, 0.6) is 0 Å². The molecular formula is C20H29NO3. The molecule has 3 rings (SSSR count). The van der Waals surface area contributed by atoms with Crippen molar-refractivity contribution >= 4 is 6.09 Å². The fourth-order valence-electron chi connectivity index (χ4n) is 4.13. The summed E-state index contributed by atoms with van der Waals surface area (Å²) in [6, 6.07) is 11.0. The Morgan fingerprint density at radius 3 is 2.50 bits per heavy atom. The molecule has 1 amide bonds. The SMILES string of the molecule is COC(=O)N1CCC(C)C1COC1CCC(c2ccccc2)CC1. The Morgan fingerprint density at radius 2 is 1.83 bits per heavy atom. The number of carbonyl (C=O) groups excluding carboxylic acids is 1. The Hall–Kier alpha value is -1.55.